The van der Waals surface area contributed by atoms with E-state index < -0.39 is 0 Å². The predicted octanol–water partition coefficient (Wildman–Crippen LogP) is 12.7. The average Bonchev–Trinajstić information content (AvgIpc) is 3.64. The molecule has 0 spiro atoms. The minimum Gasteiger partial charge on any atom is -0.292 e. The van der Waals surface area contributed by atoms with Crippen LogP contribution in [0.25, 0.3) is 93.5 Å². The van der Waals surface area contributed by atoms with Gasteiger partial charge >= 0.3 is 0 Å². The number of aromatic nitrogens is 3. The van der Waals surface area contributed by atoms with Crippen molar-refractivity contribution in [1.82, 2.24) is 14.8 Å². The van der Waals surface area contributed by atoms with Crippen molar-refractivity contribution in [2.24, 2.45) is 0 Å². The first-order valence-corrected chi connectivity index (χ1v) is 18.0. The lowest BCUT2D eigenvalue weighted by molar-refractivity contribution is 0.660. The van der Waals surface area contributed by atoms with E-state index in [0.29, 0.717) is 0 Å². The van der Waals surface area contributed by atoms with Crippen LogP contribution in [0, 0.1) is 0 Å². The summed E-state index contributed by atoms with van der Waals surface area (Å²) >= 11 is 0. The van der Waals surface area contributed by atoms with Gasteiger partial charge in [-0.25, -0.2) is 0 Å². The van der Waals surface area contributed by atoms with Crippen LogP contribution in [0.4, 0.5) is 0 Å². The average molecular weight is 664 g/mol. The summed E-state index contributed by atoms with van der Waals surface area (Å²) in [7, 11) is 0. The number of nitrogens with zero attached hydrogens (tertiary/aromatic N) is 3. The molecule has 52 heavy (non-hydrogen) atoms. The fourth-order valence-corrected chi connectivity index (χ4v) is 9.07. The molecule has 0 fully saturated rings. The van der Waals surface area contributed by atoms with Crippen LogP contribution < -0.4 is 0 Å². The van der Waals surface area contributed by atoms with Gasteiger partial charge in [0.15, 0.2) is 5.82 Å². The van der Waals surface area contributed by atoms with Crippen LogP contribution in [0.15, 0.2) is 164 Å². The highest BCUT2D eigenvalue weighted by Crippen LogP contribution is 2.52. The molecule has 3 nitrogen and oxygen atoms in total. The molecule has 8 aromatic carbocycles. The second-order valence-electron chi connectivity index (χ2n) is 14.6. The van der Waals surface area contributed by atoms with Crippen LogP contribution in [0.5, 0.6) is 0 Å². The molecule has 0 bridgehead atoms. The van der Waals surface area contributed by atoms with Gasteiger partial charge in [0, 0.05) is 32.5 Å². The van der Waals surface area contributed by atoms with Crippen molar-refractivity contribution in [3.8, 4) is 39.3 Å². The summed E-state index contributed by atoms with van der Waals surface area (Å²) in [6.07, 6.45) is 0. The molecule has 2 aromatic heterocycles. The Kier molecular flexibility index (Phi) is 6.01. The molecule has 244 valence electrons. The van der Waals surface area contributed by atoms with Gasteiger partial charge in [0.05, 0.1) is 11.0 Å². The molecule has 0 radical (unpaired) electrons. The van der Waals surface area contributed by atoms with Crippen molar-refractivity contribution < 1.29 is 0 Å². The zero-order chi connectivity index (χ0) is 34.6. The van der Waals surface area contributed by atoms with Crippen molar-refractivity contribution in [3.63, 3.8) is 0 Å². The van der Waals surface area contributed by atoms with Crippen molar-refractivity contribution in [2.75, 3.05) is 0 Å². The Hall–Kier alpha value is -6.58. The normalized spacial score (nSPS) is 13.3. The molecule has 3 heteroatoms. The molecule has 2 heterocycles. The maximum Gasteiger partial charge on any atom is 0.168 e. The lowest BCUT2D eigenvalue weighted by Gasteiger charge is -2.21. The van der Waals surface area contributed by atoms with E-state index in [0.717, 1.165) is 38.9 Å². The highest BCUT2D eigenvalue weighted by atomic mass is 15.2. The maximum atomic E-state index is 5.19. The van der Waals surface area contributed by atoms with E-state index in [9.17, 15) is 0 Å². The summed E-state index contributed by atoms with van der Waals surface area (Å²) in [6, 6.07) is 59.5. The first-order valence-electron chi connectivity index (χ1n) is 18.0. The Labute approximate surface area is 301 Å². The van der Waals surface area contributed by atoms with E-state index in [-0.39, 0.29) is 5.41 Å². The molecular weight excluding hydrogens is 631 g/mol. The molecular formula is C49H33N3. The Morgan fingerprint density at radius 3 is 1.88 bits per heavy atom. The van der Waals surface area contributed by atoms with Crippen molar-refractivity contribution in [2.45, 2.75) is 19.3 Å². The SMILES string of the molecule is CC1(C)c2ccccc2-c2c(-c3nnc(-n4c5cc6ccccc6cc5c5c(-c6cccc7ccccc67)cccc54)c4ccccc34)cccc21. The van der Waals surface area contributed by atoms with Gasteiger partial charge in [-0.15, -0.1) is 10.2 Å². The zero-order valence-corrected chi connectivity index (χ0v) is 28.9. The second kappa shape index (κ2) is 10.7. The van der Waals surface area contributed by atoms with Crippen LogP contribution in [0.3, 0.4) is 0 Å². The van der Waals surface area contributed by atoms with Gasteiger partial charge in [-0.1, -0.05) is 159 Å². The third-order valence-corrected chi connectivity index (χ3v) is 11.5. The fourth-order valence-electron chi connectivity index (χ4n) is 9.07. The monoisotopic (exact) mass is 663 g/mol. The number of rotatable bonds is 3. The number of benzene rings is 8. The van der Waals surface area contributed by atoms with Gasteiger partial charge < -0.3 is 0 Å². The van der Waals surface area contributed by atoms with Crippen molar-refractivity contribution in [1.29, 1.82) is 0 Å². The van der Waals surface area contributed by atoms with Gasteiger partial charge in [-0.05, 0) is 73.1 Å². The summed E-state index contributed by atoms with van der Waals surface area (Å²) in [6.45, 7) is 4.65. The Bertz CT molecular complexity index is 3100. The summed E-state index contributed by atoms with van der Waals surface area (Å²) in [5, 5.41) is 19.8. The van der Waals surface area contributed by atoms with Crippen LogP contribution in [-0.2, 0) is 5.41 Å². The van der Waals surface area contributed by atoms with E-state index >= 15 is 0 Å². The number of hydrogen-bond donors (Lipinski definition) is 0. The van der Waals surface area contributed by atoms with Crippen LogP contribution in [0.1, 0.15) is 25.0 Å². The molecule has 0 N–H and O–H groups in total. The molecule has 0 unspecified atom stereocenters. The summed E-state index contributed by atoms with van der Waals surface area (Å²) in [5.41, 5.74) is 11.8. The van der Waals surface area contributed by atoms with Gasteiger partial charge in [-0.2, -0.15) is 0 Å². The van der Waals surface area contributed by atoms with E-state index in [1.165, 1.54) is 65.7 Å². The Morgan fingerprint density at radius 2 is 1.02 bits per heavy atom. The molecule has 0 aliphatic heterocycles. The highest BCUT2D eigenvalue weighted by molar-refractivity contribution is 6.21. The Balaban J connectivity index is 1.23. The fraction of sp³-hybridized carbons (Fsp3) is 0.0612. The highest BCUT2D eigenvalue weighted by Gasteiger charge is 2.37. The lowest BCUT2D eigenvalue weighted by Crippen LogP contribution is -2.14. The molecule has 1 aliphatic carbocycles. The van der Waals surface area contributed by atoms with E-state index in [1.807, 2.05) is 0 Å². The first-order chi connectivity index (χ1) is 25.6. The Morgan fingerprint density at radius 1 is 0.423 bits per heavy atom. The molecule has 10 aromatic rings. The lowest BCUT2D eigenvalue weighted by atomic mass is 9.82. The number of fused-ring (bicyclic) bond motifs is 9. The molecule has 0 saturated carbocycles. The quantitative estimate of drug-likeness (QED) is 0.188. The van der Waals surface area contributed by atoms with Gasteiger partial charge in [0.2, 0.25) is 0 Å². The number of hydrogen-bond acceptors (Lipinski definition) is 2. The largest absolute Gasteiger partial charge is 0.292 e. The zero-order valence-electron chi connectivity index (χ0n) is 28.9. The van der Waals surface area contributed by atoms with Crippen LogP contribution in [0.2, 0.25) is 0 Å². The van der Waals surface area contributed by atoms with E-state index in [1.54, 1.807) is 0 Å². The molecule has 1 aliphatic rings. The molecule has 11 rings (SSSR count). The van der Waals surface area contributed by atoms with Gasteiger partial charge in [0.1, 0.15) is 5.69 Å². The smallest absolute Gasteiger partial charge is 0.168 e. The second-order valence-corrected chi connectivity index (χ2v) is 14.6. The topological polar surface area (TPSA) is 30.7 Å². The third-order valence-electron chi connectivity index (χ3n) is 11.5. The summed E-state index contributed by atoms with van der Waals surface area (Å²) in [4.78, 5) is 0. The molecule has 0 amide bonds. The summed E-state index contributed by atoms with van der Waals surface area (Å²) < 4.78 is 2.35. The van der Waals surface area contributed by atoms with Gasteiger partial charge in [0.25, 0.3) is 0 Å². The van der Waals surface area contributed by atoms with Gasteiger partial charge in [-0.3, -0.25) is 4.57 Å². The van der Waals surface area contributed by atoms with Crippen molar-refractivity contribution >= 4 is 54.1 Å². The maximum absolute atomic E-state index is 5.19. The third kappa shape index (κ3) is 3.96. The molecule has 0 atom stereocenters. The van der Waals surface area contributed by atoms with Crippen LogP contribution >= 0.6 is 0 Å². The molecule has 0 saturated heterocycles. The standard InChI is InChI=1S/C49H33N3/c1-49(2)41-25-10-9-21-38(41)45-39(24-12-26-42(45)49)47-36-19-7-8-20-37(36)48(51-50-47)52-43-27-13-23-35(34-22-11-17-30-14-5-6-18-33(30)34)46(43)40-28-31-15-3-4-16-32(31)29-44(40)52/h3-29H,1-2H3. The minimum atomic E-state index is -0.0986. The van der Waals surface area contributed by atoms with Crippen LogP contribution in [-0.4, -0.2) is 14.8 Å². The minimum absolute atomic E-state index is 0.0986. The predicted molar refractivity (Wildman–Crippen MR) is 217 cm³/mol. The first kappa shape index (κ1) is 29.2. The van der Waals surface area contributed by atoms with E-state index in [4.69, 9.17) is 10.2 Å². The summed E-state index contributed by atoms with van der Waals surface area (Å²) in [5.74, 6) is 0.831. The van der Waals surface area contributed by atoms with Crippen molar-refractivity contribution in [3.05, 3.63) is 175 Å². The van der Waals surface area contributed by atoms with E-state index in [2.05, 4.69) is 182 Å².